The van der Waals surface area contributed by atoms with Crippen molar-refractivity contribution in [1.29, 1.82) is 0 Å². The summed E-state index contributed by atoms with van der Waals surface area (Å²) in [6.07, 6.45) is 25.8. The second-order valence-electron chi connectivity index (χ2n) is 30.9. The number of phenolic OH excluding ortho intramolecular Hbond substituents is 2. The lowest BCUT2D eigenvalue weighted by Gasteiger charge is -2.72. The van der Waals surface area contributed by atoms with E-state index < -0.39 is 76.6 Å². The monoisotopic (exact) mass is 1140 g/mol. The highest BCUT2D eigenvalue weighted by molar-refractivity contribution is 6.11. The highest BCUT2D eigenvalue weighted by atomic mass is 16.7. The number of aromatic hydroxyl groups is 2. The Morgan fingerprint density at radius 2 is 1.64 bits per heavy atom. The van der Waals surface area contributed by atoms with Gasteiger partial charge < -0.3 is 54.7 Å². The van der Waals surface area contributed by atoms with Crippen molar-refractivity contribution >= 4 is 22.5 Å². The van der Waals surface area contributed by atoms with Gasteiger partial charge in [0.1, 0.15) is 41.2 Å². The maximum atomic E-state index is 13.7. The van der Waals surface area contributed by atoms with Gasteiger partial charge in [-0.25, -0.2) is 4.79 Å². The molecule has 12 fully saturated rings. The Hall–Kier alpha value is -3.64. The predicted molar refractivity (Wildman–Crippen MR) is 306 cm³/mol. The highest BCUT2D eigenvalue weighted by Crippen LogP contribution is 2.82. The van der Waals surface area contributed by atoms with Crippen molar-refractivity contribution in [3.8, 4) is 17.2 Å². The number of aromatic carboxylic acids is 1. The molecule has 0 unspecified atom stereocenters. The van der Waals surface area contributed by atoms with E-state index in [-0.39, 0.29) is 86.3 Å². The number of ketones is 1. The number of carbonyl (C=O) groups excluding carboxylic acids is 1. The number of Topliss-reactive ketones (excluding diaryl/α,β-unsaturated/α-hetero) is 1. The van der Waals surface area contributed by atoms with Gasteiger partial charge in [-0.3, -0.25) is 15.6 Å². The molecule has 0 aromatic heterocycles. The van der Waals surface area contributed by atoms with Gasteiger partial charge in [0, 0.05) is 47.1 Å². The van der Waals surface area contributed by atoms with Crippen LogP contribution in [-0.4, -0.2) is 121 Å². The molecule has 18 atom stereocenters. The second-order valence-corrected chi connectivity index (χ2v) is 30.9. The van der Waals surface area contributed by atoms with Crippen LogP contribution in [0.25, 0.3) is 10.8 Å². The van der Waals surface area contributed by atoms with Gasteiger partial charge >= 0.3 is 5.97 Å². The van der Waals surface area contributed by atoms with Gasteiger partial charge in [0.2, 0.25) is 6.29 Å². The Kier molecular flexibility index (Phi) is 12.2. The molecule has 4 bridgehead atoms. The number of hydrogen-bond acceptors (Lipinski definition) is 14. The fourth-order valence-electron chi connectivity index (χ4n) is 25.3. The number of phenols is 2. The van der Waals surface area contributed by atoms with Crippen LogP contribution < -0.4 is 15.6 Å². The Balaban J connectivity index is 0.847. The van der Waals surface area contributed by atoms with E-state index >= 15 is 0 Å². The number of allylic oxidation sites excluding steroid dienone is 1. The molecule has 450 valence electrons. The first-order valence-electron chi connectivity index (χ1n) is 32.8. The van der Waals surface area contributed by atoms with E-state index in [2.05, 4.69) is 16.9 Å². The molecular formula is C68H90N2O13. The smallest absolute Gasteiger partial charge is 0.335 e. The number of carboxylic acids is 1. The van der Waals surface area contributed by atoms with Crippen LogP contribution in [0.3, 0.4) is 0 Å². The van der Waals surface area contributed by atoms with Crippen LogP contribution >= 0.6 is 0 Å². The third-order valence-electron chi connectivity index (χ3n) is 27.9. The SMILES string of the molecule is CC(=O)c1c(C)c(O)c2cc(C(=O)O)cc(O[C@@H]3O[C@H](CO)[C@]4(C[C@@H]5C6=C(CC=C6[C@]6(CCCO)COC[C@@H]7C[C@@]89C[C@]5(NN[C@@H]8C[C@@]5(CC[C@@H]8CCC[C@@H]%10CCC[C@@]%10%11CC[C@]85C%11)C9)[C@H]76)[C@]5(CCCC6(CCCC6)C5)O4)[C@H](O)[C@H]3O)c2c1O. The number of benzene rings is 2. The summed E-state index contributed by atoms with van der Waals surface area (Å²) >= 11 is 0. The standard InChI is InChI=1S/C68H90N2O13/c1-37-50(38(2)73)54(75)51-43(53(37)74)25-39(58(78)79)26-47(51)81-59-55(76)57(77)68(49(30-72)82-59)28-46-52-44(12-13-45(52)66(83-68)20-7-17-60(32-66)15-3-4-16-60)64(19-8-24-71)36-80-31-40-27-62-33-63(29-48(62)69-70-67(46,35-62)56(40)64)21-14-42-10-5-9-41-11-6-18-61(41)22-23-65(42,63)34-61/h12,25-26,40-42,46,48-49,55-57,59,69-72,74-77H,3-11,13-24,27-36H2,1-2H3,(H,78,79)/t40-,41+,42-,46+,48+,49+,55+,56+,57+,59+,61-,62+,63-,64-,65-,66+,67+,68+/m0/s1. The van der Waals surface area contributed by atoms with E-state index in [0.29, 0.717) is 43.3 Å². The molecule has 83 heavy (non-hydrogen) atoms. The van der Waals surface area contributed by atoms with Gasteiger partial charge in [-0.05, 0) is 241 Å². The summed E-state index contributed by atoms with van der Waals surface area (Å²) < 4.78 is 28.8. The third-order valence-corrected chi connectivity index (χ3v) is 27.9. The lowest BCUT2D eigenvalue weighted by molar-refractivity contribution is -0.349. The number of carboxylic acid groups (broad SMARTS) is 1. The number of nitrogens with one attached hydrogen (secondary N) is 2. The highest BCUT2D eigenvalue weighted by Gasteiger charge is 2.79. The summed E-state index contributed by atoms with van der Waals surface area (Å²) in [6, 6.07) is 2.62. The maximum absolute atomic E-state index is 13.7. The third kappa shape index (κ3) is 7.06. The molecule has 0 radical (unpaired) electrons. The van der Waals surface area contributed by atoms with Gasteiger partial charge in [-0.2, -0.15) is 0 Å². The van der Waals surface area contributed by atoms with Gasteiger partial charge in [0.25, 0.3) is 0 Å². The number of carbonyl (C=O) groups is 2. The average molecular weight is 1140 g/mol. The number of hydrazine groups is 1. The zero-order valence-corrected chi connectivity index (χ0v) is 49.0. The van der Waals surface area contributed by atoms with Crippen LogP contribution in [0.5, 0.6) is 17.2 Å². The molecule has 0 amide bonds. The molecule has 4 aliphatic heterocycles. The first-order chi connectivity index (χ1) is 39.9. The Bertz CT molecular complexity index is 3150. The van der Waals surface area contributed by atoms with Crippen molar-refractivity contribution in [2.45, 2.75) is 235 Å². The minimum atomic E-state index is -1.83. The van der Waals surface area contributed by atoms with Crippen LogP contribution in [0, 0.1) is 69.0 Å². The lowest BCUT2D eigenvalue weighted by Crippen LogP contribution is -2.81. The summed E-state index contributed by atoms with van der Waals surface area (Å²) in [5.74, 6) is -1.44. The Labute approximate surface area is 487 Å². The van der Waals surface area contributed by atoms with E-state index in [1.54, 1.807) is 0 Å². The second kappa shape index (κ2) is 18.5. The largest absolute Gasteiger partial charge is 0.507 e. The number of fused-ring (bicyclic) bond motifs is 3. The van der Waals surface area contributed by atoms with E-state index in [1.165, 1.54) is 120 Å². The van der Waals surface area contributed by atoms with Crippen LogP contribution in [0.4, 0.5) is 0 Å². The van der Waals surface area contributed by atoms with Crippen LogP contribution in [0.2, 0.25) is 0 Å². The molecule has 2 aromatic carbocycles. The summed E-state index contributed by atoms with van der Waals surface area (Å²) in [5, 5.41) is 83.2. The summed E-state index contributed by atoms with van der Waals surface area (Å²) in [4.78, 5) is 25.8. The topological polar surface area (TPSA) is 237 Å². The number of aliphatic hydroxyl groups excluding tert-OH is 4. The van der Waals surface area contributed by atoms with E-state index in [4.69, 9.17) is 18.9 Å². The van der Waals surface area contributed by atoms with Gasteiger partial charge in [-0.1, -0.05) is 31.8 Å². The van der Waals surface area contributed by atoms with Crippen LogP contribution in [0.15, 0.2) is 34.9 Å². The fraction of sp³-hybridized carbons (Fsp3) is 0.765. The number of aliphatic hydroxyl groups is 4. The van der Waals surface area contributed by atoms with Crippen molar-refractivity contribution in [3.05, 3.63) is 51.6 Å². The van der Waals surface area contributed by atoms with Crippen molar-refractivity contribution < 1.29 is 64.3 Å². The molecule has 4 heterocycles. The first-order valence-corrected chi connectivity index (χ1v) is 32.8. The van der Waals surface area contributed by atoms with Crippen molar-refractivity contribution in [2.75, 3.05) is 26.4 Å². The van der Waals surface area contributed by atoms with Crippen LogP contribution in [0.1, 0.15) is 207 Å². The number of ether oxygens (including phenoxy) is 4. The van der Waals surface area contributed by atoms with Crippen molar-refractivity contribution in [1.82, 2.24) is 10.9 Å². The van der Waals surface area contributed by atoms with Gasteiger partial charge in [-0.15, -0.1) is 0 Å². The molecule has 3 saturated heterocycles. The summed E-state index contributed by atoms with van der Waals surface area (Å²) in [6.45, 7) is 3.41. The molecule has 2 aromatic rings. The van der Waals surface area contributed by atoms with Crippen LogP contribution in [-0.2, 0) is 14.2 Å². The molecular weight excluding hydrogens is 1050 g/mol. The molecule has 14 aliphatic rings. The van der Waals surface area contributed by atoms with Gasteiger partial charge in [0.15, 0.2) is 5.78 Å². The normalized spacial score (nSPS) is 46.8. The molecule has 10 aliphatic carbocycles. The first kappa shape index (κ1) is 54.7. The zero-order valence-electron chi connectivity index (χ0n) is 49.0. The fourth-order valence-corrected chi connectivity index (χ4v) is 25.3. The van der Waals surface area contributed by atoms with E-state index in [0.717, 1.165) is 82.1 Å². The number of hydrogen-bond donors (Lipinski definition) is 9. The lowest BCUT2D eigenvalue weighted by atomic mass is 9.38. The van der Waals surface area contributed by atoms with Crippen molar-refractivity contribution in [2.24, 2.45) is 62.1 Å². The Morgan fingerprint density at radius 3 is 2.43 bits per heavy atom. The average Bonchev–Trinajstić information content (AvgIpc) is 1.74. The maximum Gasteiger partial charge on any atom is 0.335 e. The number of rotatable bonds is 8. The molecule has 15 heteroatoms. The molecule has 15 nitrogen and oxygen atoms in total. The molecule has 16 rings (SSSR count). The van der Waals surface area contributed by atoms with E-state index in [1.807, 2.05) is 0 Å². The van der Waals surface area contributed by atoms with E-state index in [9.17, 15) is 45.3 Å². The summed E-state index contributed by atoms with van der Waals surface area (Å²) in [5.41, 5.74) is 9.62. The van der Waals surface area contributed by atoms with Gasteiger partial charge in [0.05, 0.1) is 35.3 Å². The zero-order chi connectivity index (χ0) is 57.1. The Morgan fingerprint density at radius 1 is 0.831 bits per heavy atom. The van der Waals surface area contributed by atoms with Crippen molar-refractivity contribution in [3.63, 3.8) is 0 Å². The minimum Gasteiger partial charge on any atom is -0.507 e. The predicted octanol–water partition coefficient (Wildman–Crippen LogP) is 9.91. The minimum absolute atomic E-state index is 0.0108. The quantitative estimate of drug-likeness (QED) is 0.0884. The molecule has 9 saturated carbocycles. The summed E-state index contributed by atoms with van der Waals surface area (Å²) in [7, 11) is 0. The molecule has 9 N–H and O–H groups in total. The molecule has 8 spiro atoms.